The molecule has 0 saturated heterocycles. The van der Waals surface area contributed by atoms with Gasteiger partial charge in [0, 0.05) is 24.5 Å². The average Bonchev–Trinajstić information content (AvgIpc) is 2.95. The van der Waals surface area contributed by atoms with Crippen LogP contribution in [0.1, 0.15) is 25.6 Å². The van der Waals surface area contributed by atoms with Crippen molar-refractivity contribution in [2.45, 2.75) is 33.0 Å². The zero-order valence-corrected chi connectivity index (χ0v) is 12.0. The molecule has 6 nitrogen and oxygen atoms in total. The molecule has 0 aliphatic rings. The average molecular weight is 286 g/mol. The van der Waals surface area contributed by atoms with Gasteiger partial charge in [-0.1, -0.05) is 0 Å². The van der Waals surface area contributed by atoms with E-state index in [-0.39, 0.29) is 19.0 Å². The van der Waals surface area contributed by atoms with Gasteiger partial charge in [0.05, 0.1) is 25.4 Å². The molecule has 0 atom stereocenters. The number of aromatic nitrogens is 4. The van der Waals surface area contributed by atoms with Crippen LogP contribution in [0.3, 0.4) is 0 Å². The Morgan fingerprint density at radius 3 is 2.84 bits per heavy atom. The van der Waals surface area contributed by atoms with Crippen LogP contribution in [0.25, 0.3) is 0 Å². The first kappa shape index (κ1) is 15.5. The largest absolute Gasteiger partial charge is 0.394 e. The minimum atomic E-state index is 0. The summed E-state index contributed by atoms with van der Waals surface area (Å²) in [5.41, 5.74) is 1.13. The van der Waals surface area contributed by atoms with E-state index < -0.39 is 0 Å². The summed E-state index contributed by atoms with van der Waals surface area (Å²) in [7, 11) is 0. The summed E-state index contributed by atoms with van der Waals surface area (Å²) in [5, 5.41) is 20.6. The first-order chi connectivity index (χ1) is 8.70. The van der Waals surface area contributed by atoms with Crippen LogP contribution in [-0.2, 0) is 13.1 Å². The maximum Gasteiger partial charge on any atom is 0.148 e. The van der Waals surface area contributed by atoms with Gasteiger partial charge < -0.3 is 10.4 Å². The van der Waals surface area contributed by atoms with Gasteiger partial charge in [-0.2, -0.15) is 10.2 Å². The molecule has 2 aromatic rings. The topological polar surface area (TPSA) is 67.9 Å². The molecule has 0 aliphatic heterocycles. The third kappa shape index (κ3) is 3.97. The molecule has 0 radical (unpaired) electrons. The predicted molar refractivity (Wildman–Crippen MR) is 76.5 cm³/mol. The molecule has 0 aromatic carbocycles. The number of aliphatic hydroxyl groups excluding tert-OH is 1. The van der Waals surface area contributed by atoms with Crippen LogP contribution >= 0.6 is 12.4 Å². The number of hydrogen-bond donors (Lipinski definition) is 2. The summed E-state index contributed by atoms with van der Waals surface area (Å²) in [6.07, 6.45) is 3.65. The minimum Gasteiger partial charge on any atom is -0.394 e. The SMILES string of the molecule is CC(C)n1nccc1CNc1ccn(CCO)n1.Cl. The number of nitrogens with zero attached hydrogens (tertiary/aromatic N) is 4. The minimum absolute atomic E-state index is 0. The van der Waals surface area contributed by atoms with Gasteiger partial charge >= 0.3 is 0 Å². The molecule has 0 aliphatic carbocycles. The van der Waals surface area contributed by atoms with Crippen molar-refractivity contribution in [1.82, 2.24) is 19.6 Å². The van der Waals surface area contributed by atoms with Crippen molar-refractivity contribution >= 4 is 18.2 Å². The summed E-state index contributed by atoms with van der Waals surface area (Å²) in [6.45, 7) is 5.51. The van der Waals surface area contributed by atoms with E-state index in [0.29, 0.717) is 19.1 Å². The quantitative estimate of drug-likeness (QED) is 0.847. The molecule has 0 unspecified atom stereocenters. The number of aliphatic hydroxyl groups is 1. The molecule has 0 spiro atoms. The molecule has 2 rings (SSSR count). The molecule has 106 valence electrons. The highest BCUT2D eigenvalue weighted by Crippen LogP contribution is 2.10. The van der Waals surface area contributed by atoms with E-state index in [1.807, 2.05) is 23.0 Å². The van der Waals surface area contributed by atoms with Crippen LogP contribution in [0.4, 0.5) is 5.82 Å². The molecule has 0 fully saturated rings. The first-order valence-electron chi connectivity index (χ1n) is 6.11. The van der Waals surface area contributed by atoms with Gasteiger partial charge in [0.15, 0.2) is 0 Å². The van der Waals surface area contributed by atoms with Crippen molar-refractivity contribution < 1.29 is 5.11 Å². The maximum absolute atomic E-state index is 8.81. The summed E-state index contributed by atoms with van der Waals surface area (Å²) < 4.78 is 3.69. The number of hydrogen-bond acceptors (Lipinski definition) is 4. The van der Waals surface area contributed by atoms with Crippen LogP contribution < -0.4 is 5.32 Å². The highest BCUT2D eigenvalue weighted by Gasteiger charge is 2.06. The van der Waals surface area contributed by atoms with E-state index in [1.165, 1.54) is 0 Å². The Balaban J connectivity index is 0.00000180. The van der Waals surface area contributed by atoms with Crippen LogP contribution in [0, 0.1) is 0 Å². The highest BCUT2D eigenvalue weighted by molar-refractivity contribution is 5.85. The summed E-state index contributed by atoms with van der Waals surface area (Å²) in [4.78, 5) is 0. The van der Waals surface area contributed by atoms with Crippen LogP contribution in [0.2, 0.25) is 0 Å². The predicted octanol–water partition coefficient (Wildman–Crippen LogP) is 1.69. The van der Waals surface area contributed by atoms with Gasteiger partial charge in [-0.25, -0.2) is 0 Å². The van der Waals surface area contributed by atoms with Gasteiger partial charge in [-0.05, 0) is 19.9 Å². The smallest absolute Gasteiger partial charge is 0.148 e. The highest BCUT2D eigenvalue weighted by atomic mass is 35.5. The standard InChI is InChI=1S/C12H19N5O.ClH/c1-10(2)17-11(3-5-14-17)9-13-12-4-6-16(15-12)7-8-18;/h3-6,10,18H,7-9H2,1-2H3,(H,13,15);1H. The Bertz CT molecular complexity index is 494. The Labute approximate surface area is 118 Å². The molecule has 2 N–H and O–H groups in total. The Kier molecular flexibility index (Phi) is 5.85. The number of anilines is 1. The summed E-state index contributed by atoms with van der Waals surface area (Å²) in [6, 6.07) is 4.24. The van der Waals surface area contributed by atoms with E-state index in [9.17, 15) is 0 Å². The van der Waals surface area contributed by atoms with Gasteiger partial charge in [0.2, 0.25) is 0 Å². The molecule has 2 heterocycles. The lowest BCUT2D eigenvalue weighted by Gasteiger charge is -2.11. The fourth-order valence-electron chi connectivity index (χ4n) is 1.81. The van der Waals surface area contributed by atoms with E-state index in [4.69, 9.17) is 5.11 Å². The number of halogens is 1. The molecule has 7 heteroatoms. The molecule has 0 bridgehead atoms. The van der Waals surface area contributed by atoms with Crippen molar-refractivity contribution in [1.29, 1.82) is 0 Å². The van der Waals surface area contributed by atoms with E-state index in [0.717, 1.165) is 11.5 Å². The van der Waals surface area contributed by atoms with Gasteiger partial charge in [-0.3, -0.25) is 9.36 Å². The zero-order valence-electron chi connectivity index (χ0n) is 11.2. The molecule has 0 saturated carbocycles. The van der Waals surface area contributed by atoms with Crippen LogP contribution in [0.5, 0.6) is 0 Å². The number of rotatable bonds is 6. The Hall–Kier alpha value is -1.53. The van der Waals surface area contributed by atoms with Crippen LogP contribution in [0.15, 0.2) is 24.5 Å². The van der Waals surface area contributed by atoms with Crippen molar-refractivity contribution in [3.8, 4) is 0 Å². The second kappa shape index (κ2) is 7.16. The monoisotopic (exact) mass is 285 g/mol. The van der Waals surface area contributed by atoms with Gasteiger partial charge in [0.1, 0.15) is 5.82 Å². The second-order valence-electron chi connectivity index (χ2n) is 4.40. The summed E-state index contributed by atoms with van der Waals surface area (Å²) in [5.74, 6) is 0.806. The molecule has 0 amide bonds. The lowest BCUT2D eigenvalue weighted by Crippen LogP contribution is -2.11. The maximum atomic E-state index is 8.81. The Morgan fingerprint density at radius 1 is 1.37 bits per heavy atom. The normalized spacial score (nSPS) is 10.5. The fraction of sp³-hybridized carbons (Fsp3) is 0.500. The Morgan fingerprint density at radius 2 is 2.16 bits per heavy atom. The van der Waals surface area contributed by atoms with Gasteiger partial charge in [-0.15, -0.1) is 12.4 Å². The van der Waals surface area contributed by atoms with Gasteiger partial charge in [0.25, 0.3) is 0 Å². The van der Waals surface area contributed by atoms with Crippen molar-refractivity contribution in [2.75, 3.05) is 11.9 Å². The molecule has 2 aromatic heterocycles. The lowest BCUT2D eigenvalue weighted by molar-refractivity contribution is 0.269. The zero-order chi connectivity index (χ0) is 13.0. The lowest BCUT2D eigenvalue weighted by atomic mass is 10.3. The molecular formula is C12H20ClN5O. The third-order valence-electron chi connectivity index (χ3n) is 2.66. The van der Waals surface area contributed by atoms with Crippen LogP contribution in [-0.4, -0.2) is 31.3 Å². The van der Waals surface area contributed by atoms with E-state index in [2.05, 4.69) is 29.4 Å². The van der Waals surface area contributed by atoms with Crippen molar-refractivity contribution in [3.63, 3.8) is 0 Å². The van der Waals surface area contributed by atoms with Crippen molar-refractivity contribution in [3.05, 3.63) is 30.2 Å². The summed E-state index contributed by atoms with van der Waals surface area (Å²) >= 11 is 0. The molecular weight excluding hydrogens is 266 g/mol. The van der Waals surface area contributed by atoms with E-state index in [1.54, 1.807) is 10.9 Å². The molecule has 19 heavy (non-hydrogen) atoms. The van der Waals surface area contributed by atoms with E-state index >= 15 is 0 Å². The van der Waals surface area contributed by atoms with Crippen molar-refractivity contribution in [2.24, 2.45) is 0 Å². The second-order valence-corrected chi connectivity index (χ2v) is 4.40. The first-order valence-corrected chi connectivity index (χ1v) is 6.11. The number of nitrogens with one attached hydrogen (secondary N) is 1. The fourth-order valence-corrected chi connectivity index (χ4v) is 1.81. The third-order valence-corrected chi connectivity index (χ3v) is 2.66.